The Morgan fingerprint density at radius 3 is 2.80 bits per heavy atom. The number of benzene rings is 1. The van der Waals surface area contributed by atoms with Gasteiger partial charge in [0.1, 0.15) is 0 Å². The molecule has 0 N–H and O–H groups in total. The molecule has 1 aromatic carbocycles. The quantitative estimate of drug-likeness (QED) is 0.711. The highest BCUT2D eigenvalue weighted by atomic mass is 19.3. The van der Waals surface area contributed by atoms with Gasteiger partial charge in [0.05, 0.1) is 5.56 Å². The van der Waals surface area contributed by atoms with E-state index in [1.54, 1.807) is 11.0 Å². The molecule has 5 nitrogen and oxygen atoms in total. The third-order valence-corrected chi connectivity index (χ3v) is 4.66. The normalized spacial score (nSPS) is 17.1. The maximum absolute atomic E-state index is 13.0. The number of para-hydroxylation sites is 1. The molecular formula is C18H16F2N4O. The first-order chi connectivity index (χ1) is 12.1. The van der Waals surface area contributed by atoms with Gasteiger partial charge in [-0.3, -0.25) is 9.20 Å². The summed E-state index contributed by atoms with van der Waals surface area (Å²) in [6.45, 7) is 2.73. The SMILES string of the molecule is CC1CCN(C(=O)c2ccc3nnc(C(F)F)n3c2)c2ccccc21. The molecule has 0 fully saturated rings. The van der Waals surface area contributed by atoms with Crippen molar-refractivity contribution in [3.05, 3.63) is 59.5 Å². The molecule has 0 bridgehead atoms. The summed E-state index contributed by atoms with van der Waals surface area (Å²) in [4.78, 5) is 14.7. The molecule has 0 saturated heterocycles. The van der Waals surface area contributed by atoms with Crippen LogP contribution in [0.15, 0.2) is 42.6 Å². The predicted octanol–water partition coefficient (Wildman–Crippen LogP) is 3.82. The van der Waals surface area contributed by atoms with Crippen LogP contribution in [0.2, 0.25) is 0 Å². The van der Waals surface area contributed by atoms with Crippen molar-refractivity contribution in [1.82, 2.24) is 14.6 Å². The Balaban J connectivity index is 1.75. The Morgan fingerprint density at radius 2 is 2.00 bits per heavy atom. The molecule has 1 aliphatic heterocycles. The number of alkyl halides is 2. The topological polar surface area (TPSA) is 50.5 Å². The van der Waals surface area contributed by atoms with Crippen LogP contribution >= 0.6 is 0 Å². The number of carbonyl (C=O) groups excluding carboxylic acids is 1. The summed E-state index contributed by atoms with van der Waals surface area (Å²) in [6, 6.07) is 10.9. The largest absolute Gasteiger partial charge is 0.308 e. The lowest BCUT2D eigenvalue weighted by molar-refractivity contribution is 0.0983. The van der Waals surface area contributed by atoms with Gasteiger partial charge in [0, 0.05) is 18.4 Å². The lowest BCUT2D eigenvalue weighted by atomic mass is 9.91. The van der Waals surface area contributed by atoms with Crippen molar-refractivity contribution in [2.24, 2.45) is 0 Å². The summed E-state index contributed by atoms with van der Waals surface area (Å²) >= 11 is 0. The molecule has 1 aliphatic rings. The van der Waals surface area contributed by atoms with Crippen molar-refractivity contribution < 1.29 is 13.6 Å². The highest BCUT2D eigenvalue weighted by Crippen LogP contribution is 2.35. The smallest absolute Gasteiger partial charge is 0.297 e. The zero-order valence-corrected chi connectivity index (χ0v) is 13.6. The summed E-state index contributed by atoms with van der Waals surface area (Å²) in [6.07, 6.45) is -0.503. The van der Waals surface area contributed by atoms with Crippen molar-refractivity contribution in [2.45, 2.75) is 25.7 Å². The Kier molecular flexibility index (Phi) is 3.71. The van der Waals surface area contributed by atoms with E-state index in [1.165, 1.54) is 16.7 Å². The minimum Gasteiger partial charge on any atom is -0.308 e. The van der Waals surface area contributed by atoms with Crippen LogP contribution in [0.4, 0.5) is 14.5 Å². The number of hydrogen-bond donors (Lipinski definition) is 0. The van der Waals surface area contributed by atoms with Crippen LogP contribution in [0.25, 0.3) is 5.65 Å². The number of pyridine rings is 1. The lowest BCUT2D eigenvalue weighted by Crippen LogP contribution is -2.36. The van der Waals surface area contributed by atoms with Crippen molar-refractivity contribution in [3.8, 4) is 0 Å². The maximum atomic E-state index is 13.0. The lowest BCUT2D eigenvalue weighted by Gasteiger charge is -2.33. The molecule has 1 amide bonds. The molecule has 1 atom stereocenters. The highest BCUT2D eigenvalue weighted by Gasteiger charge is 2.27. The molecule has 0 aliphatic carbocycles. The summed E-state index contributed by atoms with van der Waals surface area (Å²) in [5, 5.41) is 7.20. The third kappa shape index (κ3) is 2.56. The standard InChI is InChI=1S/C18H16F2N4O/c1-11-8-9-23(14-5-3-2-4-13(11)14)18(25)12-6-7-15-21-22-17(16(19)20)24(15)10-12/h2-7,10-11,16H,8-9H2,1H3. The second-order valence-electron chi connectivity index (χ2n) is 6.21. The molecular weight excluding hydrogens is 326 g/mol. The van der Waals surface area contributed by atoms with E-state index in [4.69, 9.17) is 0 Å². The van der Waals surface area contributed by atoms with Gasteiger partial charge in [-0.25, -0.2) is 8.78 Å². The van der Waals surface area contributed by atoms with Crippen molar-refractivity contribution >= 4 is 17.2 Å². The molecule has 2 aromatic heterocycles. The number of rotatable bonds is 2. The first-order valence-electron chi connectivity index (χ1n) is 8.10. The van der Waals surface area contributed by atoms with Crippen LogP contribution < -0.4 is 4.90 Å². The monoisotopic (exact) mass is 342 g/mol. The van der Waals surface area contributed by atoms with E-state index in [2.05, 4.69) is 17.1 Å². The van der Waals surface area contributed by atoms with Gasteiger partial charge in [-0.15, -0.1) is 10.2 Å². The van der Waals surface area contributed by atoms with Gasteiger partial charge in [0.15, 0.2) is 5.65 Å². The Labute approximate surface area is 142 Å². The minimum atomic E-state index is -2.75. The number of nitrogens with zero attached hydrogens (tertiary/aromatic N) is 4. The summed E-state index contributed by atoms with van der Waals surface area (Å²) < 4.78 is 27.3. The number of hydrogen-bond acceptors (Lipinski definition) is 3. The van der Waals surface area contributed by atoms with E-state index in [0.29, 0.717) is 23.7 Å². The summed E-state index contributed by atoms with van der Waals surface area (Å²) in [5.41, 5.74) is 2.63. The van der Waals surface area contributed by atoms with Gasteiger partial charge in [0.2, 0.25) is 5.82 Å². The Morgan fingerprint density at radius 1 is 1.20 bits per heavy atom. The van der Waals surface area contributed by atoms with E-state index in [-0.39, 0.29) is 5.91 Å². The number of amides is 1. The third-order valence-electron chi connectivity index (χ3n) is 4.66. The highest BCUT2D eigenvalue weighted by molar-refractivity contribution is 6.06. The van der Waals surface area contributed by atoms with E-state index in [9.17, 15) is 13.6 Å². The van der Waals surface area contributed by atoms with Gasteiger partial charge in [-0.2, -0.15) is 0 Å². The molecule has 25 heavy (non-hydrogen) atoms. The van der Waals surface area contributed by atoms with Crippen LogP contribution in [0.3, 0.4) is 0 Å². The molecule has 0 radical (unpaired) electrons. The predicted molar refractivity (Wildman–Crippen MR) is 89.1 cm³/mol. The minimum absolute atomic E-state index is 0.213. The van der Waals surface area contributed by atoms with E-state index in [1.807, 2.05) is 24.3 Å². The van der Waals surface area contributed by atoms with Crippen molar-refractivity contribution in [2.75, 3.05) is 11.4 Å². The van der Waals surface area contributed by atoms with Crippen LogP contribution in [-0.4, -0.2) is 27.0 Å². The van der Waals surface area contributed by atoms with E-state index < -0.39 is 12.2 Å². The van der Waals surface area contributed by atoms with Gasteiger partial charge in [-0.1, -0.05) is 25.1 Å². The zero-order chi connectivity index (χ0) is 17.6. The van der Waals surface area contributed by atoms with Crippen LogP contribution in [0, 0.1) is 0 Å². The van der Waals surface area contributed by atoms with E-state index >= 15 is 0 Å². The first-order valence-corrected chi connectivity index (χ1v) is 8.10. The first kappa shape index (κ1) is 15.7. The van der Waals surface area contributed by atoms with Crippen LogP contribution in [0.1, 0.15) is 47.4 Å². The van der Waals surface area contributed by atoms with Crippen molar-refractivity contribution in [1.29, 1.82) is 0 Å². The van der Waals surface area contributed by atoms with Gasteiger partial charge >= 0.3 is 0 Å². The number of fused-ring (bicyclic) bond motifs is 2. The molecule has 3 heterocycles. The molecule has 3 aromatic rings. The maximum Gasteiger partial charge on any atom is 0.297 e. The fraction of sp³-hybridized carbons (Fsp3) is 0.278. The summed E-state index contributed by atoms with van der Waals surface area (Å²) in [5.74, 6) is -0.293. The molecule has 1 unspecified atom stereocenters. The fourth-order valence-electron chi connectivity index (χ4n) is 3.30. The fourth-order valence-corrected chi connectivity index (χ4v) is 3.30. The van der Waals surface area contributed by atoms with Crippen molar-refractivity contribution in [3.63, 3.8) is 0 Å². The number of carbonyl (C=O) groups is 1. The molecule has 0 spiro atoms. The van der Waals surface area contributed by atoms with Gasteiger partial charge < -0.3 is 4.90 Å². The zero-order valence-electron chi connectivity index (χ0n) is 13.6. The molecule has 128 valence electrons. The summed E-state index contributed by atoms with van der Waals surface area (Å²) in [7, 11) is 0. The van der Waals surface area contributed by atoms with Gasteiger partial charge in [0.25, 0.3) is 12.3 Å². The van der Waals surface area contributed by atoms with E-state index in [0.717, 1.165) is 17.7 Å². The average Bonchev–Trinajstić information content (AvgIpc) is 3.05. The van der Waals surface area contributed by atoms with Gasteiger partial charge in [-0.05, 0) is 36.1 Å². The molecule has 4 rings (SSSR count). The number of aromatic nitrogens is 3. The second-order valence-corrected chi connectivity index (χ2v) is 6.21. The molecule has 0 saturated carbocycles. The Bertz CT molecular complexity index is 953. The average molecular weight is 342 g/mol. The second kappa shape index (κ2) is 5.91. The number of halogens is 2. The number of anilines is 1. The van der Waals surface area contributed by atoms with Crippen LogP contribution in [0.5, 0.6) is 0 Å². The van der Waals surface area contributed by atoms with Crippen LogP contribution in [-0.2, 0) is 0 Å². The molecule has 7 heteroatoms. The Hall–Kier alpha value is -2.83.